The number of tetrazole rings is 1. The first-order valence-electron chi connectivity index (χ1n) is 9.56. The lowest BCUT2D eigenvalue weighted by molar-refractivity contribution is 0.251. The Bertz CT molecular complexity index is 1140. The molecule has 3 rings (SSSR count). The molecule has 0 spiro atoms. The molecule has 172 valence electrons. The highest BCUT2D eigenvalue weighted by Crippen LogP contribution is 2.39. The third kappa shape index (κ3) is 4.85. The van der Waals surface area contributed by atoms with Gasteiger partial charge in [-0.3, -0.25) is 0 Å². The van der Waals surface area contributed by atoms with E-state index in [0.29, 0.717) is 19.4 Å². The summed E-state index contributed by atoms with van der Waals surface area (Å²) in [5.41, 5.74) is 5.78. The molecule has 0 amide bonds. The van der Waals surface area contributed by atoms with Crippen molar-refractivity contribution in [3.8, 4) is 11.4 Å². The van der Waals surface area contributed by atoms with Crippen LogP contribution in [0.4, 0.5) is 10.1 Å². The molecule has 0 unspecified atom stereocenters. The van der Waals surface area contributed by atoms with E-state index >= 15 is 0 Å². The number of nitrogens with one attached hydrogen (secondary N) is 2. The Labute approximate surface area is 179 Å². The van der Waals surface area contributed by atoms with E-state index in [1.165, 1.54) is 6.07 Å². The molecule has 15 heteroatoms. The first-order chi connectivity index (χ1) is 14.5. The van der Waals surface area contributed by atoms with Crippen LogP contribution in [0.15, 0.2) is 21.9 Å². The van der Waals surface area contributed by atoms with Crippen LogP contribution in [-0.4, -0.2) is 68.8 Å². The van der Waals surface area contributed by atoms with Gasteiger partial charge in [0.25, 0.3) is 0 Å². The number of sulfonamides is 2. The number of nitrogens with two attached hydrogens (primary N) is 2. The lowest BCUT2D eigenvalue weighted by Crippen LogP contribution is -2.48. The Morgan fingerprint density at radius 1 is 1.35 bits per heavy atom. The summed E-state index contributed by atoms with van der Waals surface area (Å²) in [4.78, 5) is 0.323. The average molecular weight is 477 g/mol. The van der Waals surface area contributed by atoms with Gasteiger partial charge in [-0.05, 0) is 37.1 Å². The number of hydrogen-bond donors (Lipinski definition) is 4. The molecule has 2 heterocycles. The van der Waals surface area contributed by atoms with Crippen LogP contribution < -0.4 is 20.5 Å². The number of hydrogen-bond acceptors (Lipinski definition) is 9. The zero-order valence-corrected chi connectivity index (χ0v) is 18.6. The van der Waals surface area contributed by atoms with Gasteiger partial charge in [0.1, 0.15) is 16.0 Å². The predicted octanol–water partition coefficient (Wildman–Crippen LogP) is -0.534. The second-order valence-corrected chi connectivity index (χ2v) is 10.6. The molecule has 1 saturated heterocycles. The van der Waals surface area contributed by atoms with Crippen molar-refractivity contribution >= 4 is 25.7 Å². The van der Waals surface area contributed by atoms with Crippen LogP contribution in [0.25, 0.3) is 11.4 Å². The Morgan fingerprint density at radius 3 is 2.61 bits per heavy atom. The van der Waals surface area contributed by atoms with Gasteiger partial charge in [-0.25, -0.2) is 31.1 Å². The minimum Gasteiger partial charge on any atom is -0.368 e. The molecule has 3 atom stereocenters. The summed E-state index contributed by atoms with van der Waals surface area (Å²) >= 11 is 0. The zero-order valence-electron chi connectivity index (χ0n) is 17.0. The van der Waals surface area contributed by atoms with Crippen LogP contribution in [0.5, 0.6) is 0 Å². The summed E-state index contributed by atoms with van der Waals surface area (Å²) in [7, 11) is -8.86. The Hall–Kier alpha value is -2.20. The van der Waals surface area contributed by atoms with Crippen molar-refractivity contribution in [2.75, 3.05) is 18.0 Å². The topological polar surface area (TPSA) is 190 Å². The molecule has 0 bridgehead atoms. The van der Waals surface area contributed by atoms with Crippen LogP contribution in [0.1, 0.15) is 26.7 Å². The summed E-state index contributed by atoms with van der Waals surface area (Å²) in [6.45, 7) is 3.61. The van der Waals surface area contributed by atoms with E-state index in [2.05, 4.69) is 25.3 Å². The van der Waals surface area contributed by atoms with Crippen molar-refractivity contribution in [3.63, 3.8) is 0 Å². The van der Waals surface area contributed by atoms with E-state index in [1.807, 2.05) is 0 Å². The van der Waals surface area contributed by atoms with Crippen LogP contribution >= 0.6 is 0 Å². The van der Waals surface area contributed by atoms with E-state index in [0.717, 1.165) is 6.07 Å². The van der Waals surface area contributed by atoms with Gasteiger partial charge in [0.15, 0.2) is 0 Å². The third-order valence-electron chi connectivity index (χ3n) is 5.14. The van der Waals surface area contributed by atoms with Crippen molar-refractivity contribution in [3.05, 3.63) is 12.1 Å². The van der Waals surface area contributed by atoms with E-state index < -0.39 is 48.1 Å². The minimum atomic E-state index is -4.59. The number of piperidine rings is 1. The number of primary sulfonamides is 1. The van der Waals surface area contributed by atoms with Gasteiger partial charge in [0.05, 0.1) is 12.1 Å². The number of nitrogens with zero attached hydrogens (tertiary/aromatic N) is 4. The van der Waals surface area contributed by atoms with Crippen LogP contribution in [0.3, 0.4) is 0 Å². The van der Waals surface area contributed by atoms with E-state index in [9.17, 15) is 21.2 Å². The van der Waals surface area contributed by atoms with Crippen molar-refractivity contribution in [2.24, 2.45) is 10.9 Å². The molecule has 0 aliphatic carbocycles. The Balaban J connectivity index is 2.29. The van der Waals surface area contributed by atoms with Crippen LogP contribution in [0, 0.1) is 0 Å². The molecule has 0 saturated carbocycles. The summed E-state index contributed by atoms with van der Waals surface area (Å²) in [5.74, 6) is -0.190. The number of aromatic amines is 1. The summed E-state index contributed by atoms with van der Waals surface area (Å²) < 4.78 is 67.9. The van der Waals surface area contributed by atoms with Gasteiger partial charge in [-0.1, -0.05) is 6.92 Å². The number of H-pyrrole nitrogens is 1. The summed E-state index contributed by atoms with van der Waals surface area (Å²) in [6, 6.07) is 1.41. The van der Waals surface area contributed by atoms with Gasteiger partial charge in [-0.15, -0.1) is 10.2 Å². The number of benzene rings is 1. The van der Waals surface area contributed by atoms with Crippen molar-refractivity contribution in [1.29, 1.82) is 0 Å². The molecular formula is C16H25FN8O4S2. The van der Waals surface area contributed by atoms with E-state index in [4.69, 9.17) is 10.9 Å². The lowest BCUT2D eigenvalue weighted by Gasteiger charge is -2.35. The standard InChI is InChI=1S/C16H25FN8O4S2/c1-3-9(2)22-31(28,29)13-5-4-12(25-7-6-11(18)10(17)8-25)14(15(13)30(19,26)27)16-20-23-24-21-16/h4-5,9-11,22H,3,6-8,18H2,1-2H3,(H2,19,26,27)(H,20,21,23,24)/t9-,10+,11-/m1/s1. The number of halogens is 1. The number of rotatable bonds is 7. The third-order valence-corrected chi connectivity index (χ3v) is 7.90. The summed E-state index contributed by atoms with van der Waals surface area (Å²) in [6.07, 6.45) is -0.570. The zero-order chi connectivity index (χ0) is 23.0. The first-order valence-corrected chi connectivity index (χ1v) is 12.6. The smallest absolute Gasteiger partial charge is 0.242 e. The largest absolute Gasteiger partial charge is 0.368 e. The molecule has 1 aliphatic heterocycles. The number of alkyl halides is 1. The van der Waals surface area contributed by atoms with Crippen LogP contribution in [0.2, 0.25) is 0 Å². The quantitative estimate of drug-likeness (QED) is 0.407. The molecule has 31 heavy (non-hydrogen) atoms. The van der Waals surface area contributed by atoms with Gasteiger partial charge >= 0.3 is 0 Å². The molecular weight excluding hydrogens is 451 g/mol. The monoisotopic (exact) mass is 476 g/mol. The fourth-order valence-electron chi connectivity index (χ4n) is 3.35. The second-order valence-electron chi connectivity index (χ2n) is 7.41. The molecule has 1 fully saturated rings. The number of anilines is 1. The highest BCUT2D eigenvalue weighted by molar-refractivity contribution is 7.92. The van der Waals surface area contributed by atoms with Crippen molar-refractivity contribution < 1.29 is 21.2 Å². The molecule has 0 radical (unpaired) electrons. The highest BCUT2D eigenvalue weighted by atomic mass is 32.2. The maximum absolute atomic E-state index is 14.3. The minimum absolute atomic E-state index is 0.118. The molecule has 1 aromatic heterocycles. The van der Waals surface area contributed by atoms with E-state index in [1.54, 1.807) is 18.7 Å². The maximum atomic E-state index is 14.3. The van der Waals surface area contributed by atoms with E-state index in [-0.39, 0.29) is 23.6 Å². The first kappa shape index (κ1) is 23.5. The van der Waals surface area contributed by atoms with Gasteiger partial charge < -0.3 is 10.6 Å². The molecule has 12 nitrogen and oxygen atoms in total. The van der Waals surface area contributed by atoms with Gasteiger partial charge in [-0.2, -0.15) is 5.21 Å². The van der Waals surface area contributed by atoms with Crippen molar-refractivity contribution in [2.45, 2.75) is 54.7 Å². The lowest BCUT2D eigenvalue weighted by atomic mass is 10.0. The summed E-state index contributed by atoms with van der Waals surface area (Å²) in [5, 5.41) is 18.7. The maximum Gasteiger partial charge on any atom is 0.242 e. The van der Waals surface area contributed by atoms with Crippen molar-refractivity contribution in [1.82, 2.24) is 25.3 Å². The fraction of sp³-hybridized carbons (Fsp3) is 0.562. The highest BCUT2D eigenvalue weighted by Gasteiger charge is 2.35. The Kier molecular flexibility index (Phi) is 6.61. The SMILES string of the molecule is CC[C@@H](C)NS(=O)(=O)c1ccc(N2CC[C@@H](N)[C@@H](F)C2)c(-c2nn[nH]n2)c1S(N)(=O)=O. The normalized spacial score (nSPS) is 21.3. The average Bonchev–Trinajstić information content (AvgIpc) is 3.22. The fourth-order valence-corrected chi connectivity index (χ4v) is 6.27. The van der Waals surface area contributed by atoms with Crippen LogP contribution in [-0.2, 0) is 20.0 Å². The molecule has 6 N–H and O–H groups in total. The van der Waals surface area contributed by atoms with Gasteiger partial charge in [0.2, 0.25) is 25.9 Å². The second kappa shape index (κ2) is 8.74. The number of aromatic nitrogens is 4. The predicted molar refractivity (Wildman–Crippen MR) is 111 cm³/mol. The van der Waals surface area contributed by atoms with Gasteiger partial charge in [0, 0.05) is 24.3 Å². The molecule has 1 aliphatic rings. The molecule has 2 aromatic rings. The Morgan fingerprint density at radius 2 is 2.06 bits per heavy atom. The molecule has 1 aromatic carbocycles.